The Kier molecular flexibility index (Phi) is 1.67. The zero-order chi connectivity index (χ0) is 9.57. The summed E-state index contributed by atoms with van der Waals surface area (Å²) in [7, 11) is 0. The Morgan fingerprint density at radius 1 is 1.42 bits per heavy atom. The van der Waals surface area contributed by atoms with Gasteiger partial charge >= 0.3 is 5.97 Å². The van der Waals surface area contributed by atoms with Crippen LogP contribution in [0.5, 0.6) is 0 Å². The van der Waals surface area contributed by atoms with Gasteiger partial charge in [0.05, 0.1) is 0 Å². The Bertz CT molecular complexity index is 247. The maximum atomic E-state index is 10.8. The third-order valence-corrected chi connectivity index (χ3v) is 2.49. The third kappa shape index (κ3) is 1.07. The first-order valence-electron chi connectivity index (χ1n) is 3.84. The molecule has 4 heteroatoms. The van der Waals surface area contributed by atoms with Crippen LogP contribution in [0.2, 0.25) is 0 Å². The molecule has 0 heterocycles. The summed E-state index contributed by atoms with van der Waals surface area (Å²) in [6, 6.07) is 0. The molecule has 1 atom stereocenters. The number of rotatable bonds is 2. The molecule has 0 bridgehead atoms. The summed E-state index contributed by atoms with van der Waals surface area (Å²) in [6.07, 6.45) is 0.509. The molecule has 0 aromatic rings. The van der Waals surface area contributed by atoms with E-state index in [1.807, 2.05) is 13.8 Å². The van der Waals surface area contributed by atoms with Gasteiger partial charge in [0.2, 0.25) is 5.91 Å². The molecular weight excluding hydrogens is 158 g/mol. The summed E-state index contributed by atoms with van der Waals surface area (Å²) in [5.74, 6) is -1.23. The molecule has 1 amide bonds. The van der Waals surface area contributed by atoms with Crippen molar-refractivity contribution in [1.82, 2.24) is 5.32 Å². The third-order valence-electron chi connectivity index (χ3n) is 2.49. The average molecular weight is 171 g/mol. The molecule has 1 unspecified atom stereocenters. The molecular formula is C8H13NO3. The normalized spacial score (nSPS) is 30.9. The van der Waals surface area contributed by atoms with Crippen molar-refractivity contribution in [2.45, 2.75) is 32.7 Å². The monoisotopic (exact) mass is 171 g/mol. The highest BCUT2D eigenvalue weighted by atomic mass is 16.4. The van der Waals surface area contributed by atoms with Gasteiger partial charge in [0, 0.05) is 12.3 Å². The minimum Gasteiger partial charge on any atom is -0.479 e. The van der Waals surface area contributed by atoms with E-state index in [1.54, 1.807) is 0 Å². The van der Waals surface area contributed by atoms with Crippen molar-refractivity contribution in [2.24, 2.45) is 5.41 Å². The van der Waals surface area contributed by atoms with Crippen LogP contribution < -0.4 is 5.32 Å². The van der Waals surface area contributed by atoms with Crippen LogP contribution in [-0.4, -0.2) is 22.5 Å². The second-order valence-electron chi connectivity index (χ2n) is 3.95. The predicted molar refractivity (Wildman–Crippen MR) is 42.6 cm³/mol. The summed E-state index contributed by atoms with van der Waals surface area (Å²) >= 11 is 0. The average Bonchev–Trinajstić information content (AvgIpc) is 2.33. The van der Waals surface area contributed by atoms with Gasteiger partial charge < -0.3 is 10.4 Å². The van der Waals surface area contributed by atoms with E-state index in [0.717, 1.165) is 0 Å². The van der Waals surface area contributed by atoms with Crippen LogP contribution in [0.25, 0.3) is 0 Å². The lowest BCUT2D eigenvalue weighted by Gasteiger charge is -2.15. The fraction of sp³-hybridized carbons (Fsp3) is 0.750. The van der Waals surface area contributed by atoms with Crippen molar-refractivity contribution >= 4 is 11.9 Å². The number of hydrogen-bond donors (Lipinski definition) is 2. The zero-order valence-corrected chi connectivity index (χ0v) is 7.47. The van der Waals surface area contributed by atoms with Crippen molar-refractivity contribution in [3.63, 3.8) is 0 Å². The quantitative estimate of drug-likeness (QED) is 0.631. The van der Waals surface area contributed by atoms with Gasteiger partial charge in [-0.25, -0.2) is 4.79 Å². The lowest BCUT2D eigenvalue weighted by molar-refractivity contribution is -0.144. The first-order valence-corrected chi connectivity index (χ1v) is 3.84. The summed E-state index contributed by atoms with van der Waals surface area (Å²) in [5.41, 5.74) is -1.33. The predicted octanol–water partition coefficient (Wildman–Crippen LogP) is 0.376. The van der Waals surface area contributed by atoms with E-state index in [-0.39, 0.29) is 11.3 Å². The Morgan fingerprint density at radius 2 is 1.83 bits per heavy atom. The Morgan fingerprint density at radius 3 is 1.92 bits per heavy atom. The number of carboxylic acid groups (broad SMARTS) is 1. The van der Waals surface area contributed by atoms with Crippen LogP contribution in [0.3, 0.4) is 0 Å². The number of carbonyl (C=O) groups excluding carboxylic acids is 1. The first-order chi connectivity index (χ1) is 5.32. The maximum Gasteiger partial charge on any atom is 0.330 e. The van der Waals surface area contributed by atoms with Gasteiger partial charge in [-0.3, -0.25) is 4.79 Å². The topological polar surface area (TPSA) is 66.4 Å². The highest BCUT2D eigenvalue weighted by Gasteiger charge is 2.67. The molecule has 2 N–H and O–H groups in total. The molecule has 1 fully saturated rings. The van der Waals surface area contributed by atoms with E-state index in [0.29, 0.717) is 6.42 Å². The SMILES string of the molecule is CC(=O)NC1(C(=O)O)CC1(C)C. The molecule has 1 aliphatic rings. The second kappa shape index (κ2) is 2.21. The van der Waals surface area contributed by atoms with Gasteiger partial charge in [-0.1, -0.05) is 13.8 Å². The number of aliphatic carboxylic acids is 1. The van der Waals surface area contributed by atoms with Crippen LogP contribution in [0, 0.1) is 5.41 Å². The van der Waals surface area contributed by atoms with Gasteiger partial charge in [0.1, 0.15) is 5.54 Å². The Labute approximate surface area is 71.0 Å². The van der Waals surface area contributed by atoms with E-state index in [9.17, 15) is 9.59 Å². The molecule has 0 radical (unpaired) electrons. The van der Waals surface area contributed by atoms with Gasteiger partial charge in [-0.05, 0) is 6.42 Å². The van der Waals surface area contributed by atoms with Gasteiger partial charge in [-0.2, -0.15) is 0 Å². The largest absolute Gasteiger partial charge is 0.479 e. The number of carboxylic acids is 1. The lowest BCUT2D eigenvalue weighted by atomic mass is 10.1. The number of carbonyl (C=O) groups is 2. The minimum atomic E-state index is -1.02. The Hall–Kier alpha value is -1.06. The van der Waals surface area contributed by atoms with Gasteiger partial charge in [-0.15, -0.1) is 0 Å². The van der Waals surface area contributed by atoms with E-state index in [2.05, 4.69) is 5.32 Å². The smallest absolute Gasteiger partial charge is 0.330 e. The molecule has 0 aromatic carbocycles. The molecule has 4 nitrogen and oxygen atoms in total. The highest BCUT2D eigenvalue weighted by molar-refractivity contribution is 5.90. The van der Waals surface area contributed by atoms with Crippen molar-refractivity contribution in [1.29, 1.82) is 0 Å². The number of nitrogens with one attached hydrogen (secondary N) is 1. The molecule has 1 saturated carbocycles. The molecule has 0 aliphatic heterocycles. The summed E-state index contributed by atoms with van der Waals surface area (Å²) in [6.45, 7) is 4.99. The molecule has 0 spiro atoms. The molecule has 68 valence electrons. The van der Waals surface area contributed by atoms with E-state index in [4.69, 9.17) is 5.11 Å². The summed E-state index contributed by atoms with van der Waals surface area (Å²) in [5, 5.41) is 11.4. The van der Waals surface area contributed by atoms with E-state index in [1.165, 1.54) is 6.92 Å². The number of amides is 1. The first kappa shape index (κ1) is 9.03. The molecule has 12 heavy (non-hydrogen) atoms. The second-order valence-corrected chi connectivity index (χ2v) is 3.95. The van der Waals surface area contributed by atoms with Crippen LogP contribution in [0.1, 0.15) is 27.2 Å². The molecule has 0 saturated heterocycles. The van der Waals surface area contributed by atoms with Gasteiger partial charge in [0.15, 0.2) is 0 Å². The van der Waals surface area contributed by atoms with Gasteiger partial charge in [0.25, 0.3) is 0 Å². The van der Waals surface area contributed by atoms with Crippen molar-refractivity contribution in [3.8, 4) is 0 Å². The molecule has 1 rings (SSSR count). The minimum absolute atomic E-state index is 0.289. The highest BCUT2D eigenvalue weighted by Crippen LogP contribution is 2.55. The van der Waals surface area contributed by atoms with Crippen LogP contribution in [-0.2, 0) is 9.59 Å². The Balaban J connectivity index is 2.80. The standard InChI is InChI=1S/C8H13NO3/c1-5(10)9-8(6(11)12)4-7(8,2)3/h4H2,1-3H3,(H,9,10)(H,11,12). The fourth-order valence-corrected chi connectivity index (χ4v) is 1.55. The van der Waals surface area contributed by atoms with E-state index < -0.39 is 11.5 Å². The van der Waals surface area contributed by atoms with Crippen molar-refractivity contribution in [3.05, 3.63) is 0 Å². The van der Waals surface area contributed by atoms with Crippen LogP contribution in [0.4, 0.5) is 0 Å². The lowest BCUT2D eigenvalue weighted by Crippen LogP contribution is -2.45. The zero-order valence-electron chi connectivity index (χ0n) is 7.47. The fourth-order valence-electron chi connectivity index (χ4n) is 1.55. The van der Waals surface area contributed by atoms with Crippen molar-refractivity contribution < 1.29 is 14.7 Å². The molecule has 0 aromatic heterocycles. The summed E-state index contributed by atoms with van der Waals surface area (Å²) in [4.78, 5) is 21.5. The van der Waals surface area contributed by atoms with Crippen LogP contribution in [0.15, 0.2) is 0 Å². The van der Waals surface area contributed by atoms with E-state index >= 15 is 0 Å². The van der Waals surface area contributed by atoms with Crippen LogP contribution >= 0.6 is 0 Å². The molecule has 1 aliphatic carbocycles. The number of hydrogen-bond acceptors (Lipinski definition) is 2. The van der Waals surface area contributed by atoms with Crippen molar-refractivity contribution in [2.75, 3.05) is 0 Å². The maximum absolute atomic E-state index is 10.8. The summed E-state index contributed by atoms with van der Waals surface area (Å²) < 4.78 is 0.